The lowest BCUT2D eigenvalue weighted by molar-refractivity contribution is 0.323. The van der Waals surface area contributed by atoms with Crippen molar-refractivity contribution in [1.29, 1.82) is 0 Å². The molecule has 0 bridgehead atoms. The van der Waals surface area contributed by atoms with Crippen molar-refractivity contribution in [2.45, 2.75) is 25.9 Å². The van der Waals surface area contributed by atoms with Gasteiger partial charge in [0.1, 0.15) is 0 Å². The molecule has 1 aromatic carbocycles. The molecule has 0 amide bonds. The van der Waals surface area contributed by atoms with Crippen LogP contribution in [0.4, 0.5) is 0 Å². The number of nitrogens with one attached hydrogen (secondary N) is 1. The van der Waals surface area contributed by atoms with E-state index >= 15 is 0 Å². The standard InChI is InChI=1S/C22H26N2O3S/c1-15-5-6-18(23-12-15)19(9-16-7-8-28-14-16)24-13-17-10-20(25-2)22(27-4)21(11-17)26-3/h5-8,10-12,14,19,24H,9,13H2,1-4H3. The molecule has 2 heterocycles. The summed E-state index contributed by atoms with van der Waals surface area (Å²) in [5, 5.41) is 7.93. The zero-order chi connectivity index (χ0) is 19.9. The summed E-state index contributed by atoms with van der Waals surface area (Å²) in [4.78, 5) is 4.64. The van der Waals surface area contributed by atoms with E-state index in [4.69, 9.17) is 14.2 Å². The largest absolute Gasteiger partial charge is 0.493 e. The van der Waals surface area contributed by atoms with Gasteiger partial charge >= 0.3 is 0 Å². The highest BCUT2D eigenvalue weighted by molar-refractivity contribution is 7.07. The highest BCUT2D eigenvalue weighted by atomic mass is 32.1. The van der Waals surface area contributed by atoms with Gasteiger partial charge in [-0.05, 0) is 65.1 Å². The number of thiophene rings is 1. The summed E-state index contributed by atoms with van der Waals surface area (Å²) in [5.41, 5.74) is 4.54. The van der Waals surface area contributed by atoms with Gasteiger partial charge in [0.15, 0.2) is 11.5 Å². The number of aryl methyl sites for hydroxylation is 1. The molecule has 0 saturated carbocycles. The quantitative estimate of drug-likeness (QED) is 0.573. The fourth-order valence-electron chi connectivity index (χ4n) is 3.09. The molecule has 2 aromatic heterocycles. The molecule has 3 aromatic rings. The van der Waals surface area contributed by atoms with E-state index in [0.29, 0.717) is 23.8 Å². The fraction of sp³-hybridized carbons (Fsp3) is 0.318. The van der Waals surface area contributed by atoms with Crippen LogP contribution in [0.15, 0.2) is 47.3 Å². The van der Waals surface area contributed by atoms with Crippen LogP contribution in [0.1, 0.15) is 28.4 Å². The van der Waals surface area contributed by atoms with Gasteiger partial charge < -0.3 is 19.5 Å². The van der Waals surface area contributed by atoms with Crippen molar-refractivity contribution in [3.63, 3.8) is 0 Å². The molecule has 6 heteroatoms. The van der Waals surface area contributed by atoms with Crippen LogP contribution in [0, 0.1) is 6.92 Å². The van der Waals surface area contributed by atoms with E-state index in [1.165, 1.54) is 5.56 Å². The van der Waals surface area contributed by atoms with E-state index in [-0.39, 0.29) is 6.04 Å². The molecular formula is C22H26N2O3S. The number of rotatable bonds is 9. The summed E-state index contributed by atoms with van der Waals surface area (Å²) in [7, 11) is 4.87. The molecule has 1 unspecified atom stereocenters. The topological polar surface area (TPSA) is 52.6 Å². The van der Waals surface area contributed by atoms with E-state index in [0.717, 1.165) is 23.2 Å². The molecule has 0 spiro atoms. The fourth-order valence-corrected chi connectivity index (χ4v) is 3.77. The number of ether oxygens (including phenoxy) is 3. The van der Waals surface area contributed by atoms with Crippen LogP contribution >= 0.6 is 11.3 Å². The van der Waals surface area contributed by atoms with Crippen molar-refractivity contribution >= 4 is 11.3 Å². The third kappa shape index (κ3) is 4.82. The van der Waals surface area contributed by atoms with Crippen molar-refractivity contribution in [2.24, 2.45) is 0 Å². The molecule has 1 N–H and O–H groups in total. The van der Waals surface area contributed by atoms with Gasteiger partial charge in [0.2, 0.25) is 5.75 Å². The van der Waals surface area contributed by atoms with Crippen molar-refractivity contribution < 1.29 is 14.2 Å². The zero-order valence-corrected chi connectivity index (χ0v) is 17.5. The van der Waals surface area contributed by atoms with Gasteiger partial charge in [-0.15, -0.1) is 0 Å². The second-order valence-corrected chi connectivity index (χ2v) is 7.34. The second kappa shape index (κ2) is 9.57. The van der Waals surface area contributed by atoms with Gasteiger partial charge in [0.25, 0.3) is 0 Å². The van der Waals surface area contributed by atoms with Crippen molar-refractivity contribution in [3.8, 4) is 17.2 Å². The molecule has 0 aliphatic heterocycles. The summed E-state index contributed by atoms with van der Waals surface area (Å²) in [6, 6.07) is 10.4. The van der Waals surface area contributed by atoms with Gasteiger partial charge in [-0.3, -0.25) is 4.98 Å². The Hall–Kier alpha value is -2.57. The molecule has 5 nitrogen and oxygen atoms in total. The number of hydrogen-bond acceptors (Lipinski definition) is 6. The van der Waals surface area contributed by atoms with Gasteiger partial charge in [-0.25, -0.2) is 0 Å². The molecule has 0 radical (unpaired) electrons. The van der Waals surface area contributed by atoms with Crippen LogP contribution in [0.25, 0.3) is 0 Å². The first-order valence-corrected chi connectivity index (χ1v) is 10.0. The average molecular weight is 399 g/mol. The third-order valence-corrected chi connectivity index (χ3v) is 5.32. The van der Waals surface area contributed by atoms with E-state index in [9.17, 15) is 0 Å². The Morgan fingerprint density at radius 1 is 1.00 bits per heavy atom. The highest BCUT2D eigenvalue weighted by Gasteiger charge is 2.17. The SMILES string of the molecule is COc1cc(CNC(Cc2ccsc2)c2ccc(C)cn2)cc(OC)c1OC. The lowest BCUT2D eigenvalue weighted by atomic mass is 10.0. The molecule has 148 valence electrons. The van der Waals surface area contributed by atoms with Gasteiger partial charge in [-0.2, -0.15) is 11.3 Å². The number of pyridine rings is 1. The molecule has 0 aliphatic carbocycles. The number of aromatic nitrogens is 1. The summed E-state index contributed by atoms with van der Waals surface area (Å²) in [6.07, 6.45) is 2.79. The van der Waals surface area contributed by atoms with Crippen molar-refractivity contribution in [2.75, 3.05) is 21.3 Å². The predicted molar refractivity (Wildman–Crippen MR) is 113 cm³/mol. The van der Waals surface area contributed by atoms with E-state index < -0.39 is 0 Å². The molecule has 1 atom stereocenters. The van der Waals surface area contributed by atoms with Crippen LogP contribution < -0.4 is 19.5 Å². The molecule has 0 fully saturated rings. The number of methoxy groups -OCH3 is 3. The molecule has 28 heavy (non-hydrogen) atoms. The van der Waals surface area contributed by atoms with Crippen LogP contribution in [0.3, 0.4) is 0 Å². The first kappa shape index (κ1) is 20.2. The Bertz CT molecular complexity index is 854. The minimum atomic E-state index is 0.106. The van der Waals surface area contributed by atoms with Crippen LogP contribution in [0.5, 0.6) is 17.2 Å². The van der Waals surface area contributed by atoms with E-state index in [1.807, 2.05) is 25.3 Å². The van der Waals surface area contributed by atoms with Gasteiger partial charge in [-0.1, -0.05) is 6.07 Å². The monoisotopic (exact) mass is 398 g/mol. The lowest BCUT2D eigenvalue weighted by Crippen LogP contribution is -2.24. The molecule has 0 saturated heterocycles. The zero-order valence-electron chi connectivity index (χ0n) is 16.7. The maximum absolute atomic E-state index is 5.47. The molecule has 3 rings (SSSR count). The summed E-state index contributed by atoms with van der Waals surface area (Å²) in [5.74, 6) is 1.91. The maximum Gasteiger partial charge on any atom is 0.203 e. The smallest absolute Gasteiger partial charge is 0.203 e. The first-order valence-electron chi connectivity index (χ1n) is 9.10. The van der Waals surface area contributed by atoms with Crippen LogP contribution in [-0.4, -0.2) is 26.3 Å². The first-order chi connectivity index (χ1) is 13.6. The van der Waals surface area contributed by atoms with Crippen molar-refractivity contribution in [1.82, 2.24) is 10.3 Å². The van der Waals surface area contributed by atoms with Gasteiger partial charge in [0, 0.05) is 12.7 Å². The minimum Gasteiger partial charge on any atom is -0.493 e. The summed E-state index contributed by atoms with van der Waals surface area (Å²) < 4.78 is 16.3. The second-order valence-electron chi connectivity index (χ2n) is 6.56. The van der Waals surface area contributed by atoms with Crippen molar-refractivity contribution in [3.05, 3.63) is 69.7 Å². The highest BCUT2D eigenvalue weighted by Crippen LogP contribution is 2.38. The number of hydrogen-bond donors (Lipinski definition) is 1. The van der Waals surface area contributed by atoms with E-state index in [2.05, 4.69) is 39.3 Å². The lowest BCUT2D eigenvalue weighted by Gasteiger charge is -2.19. The Morgan fingerprint density at radius 2 is 1.75 bits per heavy atom. The average Bonchev–Trinajstić information content (AvgIpc) is 3.24. The Balaban J connectivity index is 1.82. The number of benzene rings is 1. The van der Waals surface area contributed by atoms with E-state index in [1.54, 1.807) is 32.7 Å². The molecule has 0 aliphatic rings. The third-order valence-electron chi connectivity index (χ3n) is 4.59. The molecular weight excluding hydrogens is 372 g/mol. The number of nitrogens with zero attached hydrogens (tertiary/aromatic N) is 1. The summed E-state index contributed by atoms with van der Waals surface area (Å²) in [6.45, 7) is 2.70. The Kier molecular flexibility index (Phi) is 6.90. The normalized spacial score (nSPS) is 11.9. The van der Waals surface area contributed by atoms with Crippen LogP contribution in [0.2, 0.25) is 0 Å². The summed E-state index contributed by atoms with van der Waals surface area (Å²) >= 11 is 1.71. The van der Waals surface area contributed by atoms with Gasteiger partial charge in [0.05, 0.1) is 33.1 Å². The minimum absolute atomic E-state index is 0.106. The predicted octanol–water partition coefficient (Wildman–Crippen LogP) is 4.55. The maximum atomic E-state index is 5.47. The Labute approximate surface area is 170 Å². The Morgan fingerprint density at radius 3 is 2.29 bits per heavy atom. The van der Waals surface area contributed by atoms with Crippen LogP contribution in [-0.2, 0) is 13.0 Å².